The van der Waals surface area contributed by atoms with Crippen LogP contribution in [0, 0.1) is 6.92 Å². The van der Waals surface area contributed by atoms with Crippen molar-refractivity contribution in [1.82, 2.24) is 18.9 Å². The third kappa shape index (κ3) is 4.05. The number of rotatable bonds is 5. The molecule has 4 aromatic heterocycles. The van der Waals surface area contributed by atoms with E-state index >= 15 is 0 Å². The van der Waals surface area contributed by atoms with Crippen molar-refractivity contribution in [2.45, 2.75) is 33.7 Å². The Morgan fingerprint density at radius 1 is 1.15 bits per heavy atom. The number of hydrogen-bond donors (Lipinski definition) is 0. The molecule has 0 aliphatic rings. The number of aromatic nitrogens is 4. The Morgan fingerprint density at radius 3 is 2.67 bits per heavy atom. The maximum absolute atomic E-state index is 13.3. The highest BCUT2D eigenvalue weighted by Gasteiger charge is 2.20. The topological polar surface area (TPSA) is 108 Å². The van der Waals surface area contributed by atoms with E-state index in [0.717, 1.165) is 5.56 Å². The van der Waals surface area contributed by atoms with E-state index in [1.807, 2.05) is 19.9 Å². The molecule has 9 heteroatoms. The molecule has 0 aromatic carbocycles. The molecule has 0 aliphatic heterocycles. The van der Waals surface area contributed by atoms with Gasteiger partial charge in [0.1, 0.15) is 16.9 Å². The van der Waals surface area contributed by atoms with E-state index in [1.165, 1.54) is 16.7 Å². The zero-order valence-electron chi connectivity index (χ0n) is 18.6. The number of esters is 1. The second kappa shape index (κ2) is 9.15. The fourth-order valence-electron chi connectivity index (χ4n) is 3.65. The van der Waals surface area contributed by atoms with Crippen molar-refractivity contribution in [3.05, 3.63) is 81.5 Å². The van der Waals surface area contributed by atoms with E-state index < -0.39 is 11.9 Å². The largest absolute Gasteiger partial charge is 0.462 e. The van der Waals surface area contributed by atoms with Crippen molar-refractivity contribution in [1.29, 1.82) is 0 Å². The van der Waals surface area contributed by atoms with Crippen LogP contribution in [0.5, 0.6) is 0 Å². The molecule has 33 heavy (non-hydrogen) atoms. The highest BCUT2D eigenvalue weighted by molar-refractivity contribution is 5.97. The van der Waals surface area contributed by atoms with Gasteiger partial charge in [-0.25, -0.2) is 9.78 Å². The van der Waals surface area contributed by atoms with Gasteiger partial charge in [-0.2, -0.15) is 4.99 Å². The smallest absolute Gasteiger partial charge is 0.341 e. The molecule has 0 N–H and O–H groups in total. The van der Waals surface area contributed by atoms with Crippen molar-refractivity contribution in [3.8, 4) is 0 Å². The molecule has 0 unspecified atom stereocenters. The van der Waals surface area contributed by atoms with Gasteiger partial charge in [0.15, 0.2) is 5.49 Å². The number of hydrogen-bond acceptors (Lipinski definition) is 6. The monoisotopic (exact) mass is 445 g/mol. The van der Waals surface area contributed by atoms with Crippen LogP contribution in [0.3, 0.4) is 0 Å². The summed E-state index contributed by atoms with van der Waals surface area (Å²) in [4.78, 5) is 52.1. The molecule has 0 bridgehead atoms. The minimum absolute atomic E-state index is 0.0292. The molecule has 168 valence electrons. The lowest BCUT2D eigenvalue weighted by atomic mass is 10.2. The first-order chi connectivity index (χ1) is 16.0. The normalized spacial score (nSPS) is 11.8. The summed E-state index contributed by atoms with van der Waals surface area (Å²) >= 11 is 0. The molecule has 4 rings (SSSR count). The molecule has 4 heterocycles. The van der Waals surface area contributed by atoms with Crippen molar-refractivity contribution < 1.29 is 14.3 Å². The van der Waals surface area contributed by atoms with Gasteiger partial charge in [-0.05, 0) is 50.1 Å². The van der Waals surface area contributed by atoms with Crippen molar-refractivity contribution in [2.24, 2.45) is 4.99 Å². The SMILES string of the molecule is CCCn1c(=NC(=O)c2cccnc2)c(C(=O)OCC)cc2c(=O)n3cccc(C)c3nc21. The number of carbonyl (C=O) groups excluding carboxylic acids is 2. The zero-order chi connectivity index (χ0) is 23.5. The number of pyridine rings is 3. The Hall–Kier alpha value is -4.14. The molecule has 0 fully saturated rings. The summed E-state index contributed by atoms with van der Waals surface area (Å²) in [5.41, 5.74) is 1.74. The Balaban J connectivity index is 2.15. The van der Waals surface area contributed by atoms with Crippen LogP contribution in [0.25, 0.3) is 16.7 Å². The minimum Gasteiger partial charge on any atom is -0.462 e. The Labute approximate surface area is 189 Å². The van der Waals surface area contributed by atoms with E-state index in [-0.39, 0.29) is 34.2 Å². The summed E-state index contributed by atoms with van der Waals surface area (Å²) in [6.45, 7) is 6.01. The van der Waals surface area contributed by atoms with Crippen molar-refractivity contribution in [3.63, 3.8) is 0 Å². The molecule has 4 aromatic rings. The maximum Gasteiger partial charge on any atom is 0.341 e. The first-order valence-corrected chi connectivity index (χ1v) is 10.7. The lowest BCUT2D eigenvalue weighted by Gasteiger charge is -2.15. The Kier molecular flexibility index (Phi) is 6.12. The Bertz CT molecular complexity index is 1500. The lowest BCUT2D eigenvalue weighted by molar-refractivity contribution is 0.0523. The number of amides is 1. The predicted octanol–water partition coefficient (Wildman–Crippen LogP) is 2.68. The first-order valence-electron chi connectivity index (χ1n) is 10.7. The standard InChI is InChI=1S/C24H23N5O4/c1-4-11-28-20-17(23(31)29-12-7-8-15(3)19(29)26-20)13-18(24(32)33-5-2)21(28)27-22(30)16-9-6-10-25-14-16/h6-10,12-14H,4-5,11H2,1-3H3. The molecule has 9 nitrogen and oxygen atoms in total. The number of aryl methyl sites for hydroxylation is 2. The van der Waals surface area contributed by atoms with Crippen LogP contribution in [-0.2, 0) is 11.3 Å². The quantitative estimate of drug-likeness (QED) is 0.345. The van der Waals surface area contributed by atoms with Gasteiger partial charge in [-0.1, -0.05) is 13.0 Å². The van der Waals surface area contributed by atoms with E-state index in [4.69, 9.17) is 9.72 Å². The molecular weight excluding hydrogens is 422 g/mol. The van der Waals surface area contributed by atoms with E-state index in [0.29, 0.717) is 24.3 Å². The number of fused-ring (bicyclic) bond motifs is 2. The van der Waals surface area contributed by atoms with Gasteiger partial charge >= 0.3 is 5.97 Å². The van der Waals surface area contributed by atoms with Gasteiger partial charge in [-0.15, -0.1) is 0 Å². The van der Waals surface area contributed by atoms with Crippen molar-refractivity contribution in [2.75, 3.05) is 6.61 Å². The lowest BCUT2D eigenvalue weighted by Crippen LogP contribution is -2.33. The molecule has 1 amide bonds. The molecule has 0 saturated heterocycles. The molecular formula is C24H23N5O4. The summed E-state index contributed by atoms with van der Waals surface area (Å²) in [5, 5.41) is 0.238. The summed E-state index contributed by atoms with van der Waals surface area (Å²) in [7, 11) is 0. The van der Waals surface area contributed by atoms with Crippen LogP contribution < -0.4 is 11.0 Å². The van der Waals surface area contributed by atoms with E-state index in [9.17, 15) is 14.4 Å². The fraction of sp³-hybridized carbons (Fsp3) is 0.250. The second-order valence-electron chi connectivity index (χ2n) is 7.45. The van der Waals surface area contributed by atoms with Crippen LogP contribution in [0.2, 0.25) is 0 Å². The molecule has 0 radical (unpaired) electrons. The average Bonchev–Trinajstić information content (AvgIpc) is 2.82. The van der Waals surface area contributed by atoms with Gasteiger partial charge in [0.05, 0.1) is 17.6 Å². The molecule has 0 spiro atoms. The highest BCUT2D eigenvalue weighted by atomic mass is 16.5. The van der Waals surface area contributed by atoms with Crippen LogP contribution in [0.15, 0.2) is 58.7 Å². The van der Waals surface area contributed by atoms with Crippen LogP contribution >= 0.6 is 0 Å². The second-order valence-corrected chi connectivity index (χ2v) is 7.45. The third-order valence-corrected chi connectivity index (χ3v) is 5.16. The van der Waals surface area contributed by atoms with Crippen LogP contribution in [-0.4, -0.2) is 37.4 Å². The summed E-state index contributed by atoms with van der Waals surface area (Å²) in [5.74, 6) is -1.23. The van der Waals surface area contributed by atoms with E-state index in [2.05, 4.69) is 9.98 Å². The number of nitrogens with zero attached hydrogens (tertiary/aromatic N) is 5. The summed E-state index contributed by atoms with van der Waals surface area (Å²) in [6.07, 6.45) is 5.25. The van der Waals surface area contributed by atoms with Gasteiger partial charge in [0.2, 0.25) is 0 Å². The van der Waals surface area contributed by atoms with Gasteiger partial charge < -0.3 is 9.30 Å². The number of ether oxygens (including phenoxy) is 1. The molecule has 0 saturated carbocycles. The number of carbonyl (C=O) groups is 2. The predicted molar refractivity (Wildman–Crippen MR) is 122 cm³/mol. The summed E-state index contributed by atoms with van der Waals surface area (Å²) < 4.78 is 8.31. The van der Waals surface area contributed by atoms with Gasteiger partial charge in [0, 0.05) is 25.1 Å². The van der Waals surface area contributed by atoms with Crippen LogP contribution in [0.1, 0.15) is 46.5 Å². The Morgan fingerprint density at radius 2 is 1.97 bits per heavy atom. The minimum atomic E-state index is -0.671. The van der Waals surface area contributed by atoms with Gasteiger partial charge in [-0.3, -0.25) is 19.0 Å². The highest BCUT2D eigenvalue weighted by Crippen LogP contribution is 2.14. The van der Waals surface area contributed by atoms with Gasteiger partial charge in [0.25, 0.3) is 11.5 Å². The first kappa shape index (κ1) is 22.1. The zero-order valence-corrected chi connectivity index (χ0v) is 18.6. The average molecular weight is 445 g/mol. The maximum atomic E-state index is 13.3. The third-order valence-electron chi connectivity index (χ3n) is 5.16. The van der Waals surface area contributed by atoms with E-state index in [1.54, 1.807) is 42.1 Å². The molecule has 0 aliphatic carbocycles. The van der Waals surface area contributed by atoms with Crippen molar-refractivity contribution >= 4 is 28.6 Å². The fourth-order valence-corrected chi connectivity index (χ4v) is 3.65. The van der Waals surface area contributed by atoms with Crippen LogP contribution in [0.4, 0.5) is 0 Å². The molecule has 0 atom stereocenters. The summed E-state index contributed by atoms with van der Waals surface area (Å²) in [6, 6.07) is 8.27.